The number of hydrogen-bond acceptors (Lipinski definition) is 6. The smallest absolute Gasteiger partial charge is 0.152 e. The van der Waals surface area contributed by atoms with Crippen LogP contribution in [0, 0.1) is 0 Å². The third-order valence-electron chi connectivity index (χ3n) is 4.22. The molecule has 6 nitrogen and oxygen atoms in total. The SMILES string of the molecule is c1cncc(NCc2nnc3n2CCCN(Cc2ccsc2)C3)c1. The van der Waals surface area contributed by atoms with E-state index in [4.69, 9.17) is 0 Å². The second-order valence-electron chi connectivity index (χ2n) is 5.98. The van der Waals surface area contributed by atoms with E-state index in [1.54, 1.807) is 17.5 Å². The first-order valence-electron chi connectivity index (χ1n) is 8.17. The van der Waals surface area contributed by atoms with E-state index in [0.717, 1.165) is 49.9 Å². The van der Waals surface area contributed by atoms with Crippen LogP contribution < -0.4 is 5.32 Å². The van der Waals surface area contributed by atoms with Crippen LogP contribution in [-0.2, 0) is 26.2 Å². The number of nitrogens with zero attached hydrogens (tertiary/aromatic N) is 5. The Morgan fingerprint density at radius 2 is 2.21 bits per heavy atom. The Morgan fingerprint density at radius 1 is 1.21 bits per heavy atom. The minimum absolute atomic E-state index is 0.670. The van der Waals surface area contributed by atoms with Gasteiger partial charge < -0.3 is 9.88 Å². The zero-order valence-corrected chi connectivity index (χ0v) is 14.2. The molecule has 1 N–H and O–H groups in total. The maximum Gasteiger partial charge on any atom is 0.152 e. The van der Waals surface area contributed by atoms with Crippen LogP contribution in [0.1, 0.15) is 23.6 Å². The highest BCUT2D eigenvalue weighted by Crippen LogP contribution is 2.17. The van der Waals surface area contributed by atoms with Gasteiger partial charge in [-0.3, -0.25) is 9.88 Å². The predicted octanol–water partition coefficient (Wildman–Crippen LogP) is 2.75. The summed E-state index contributed by atoms with van der Waals surface area (Å²) in [5, 5.41) is 16.5. The first-order chi connectivity index (χ1) is 11.9. The lowest BCUT2D eigenvalue weighted by Crippen LogP contribution is -2.22. The van der Waals surface area contributed by atoms with Gasteiger partial charge in [-0.1, -0.05) is 0 Å². The highest BCUT2D eigenvalue weighted by Gasteiger charge is 2.19. The molecule has 1 aliphatic rings. The van der Waals surface area contributed by atoms with Gasteiger partial charge in [0.1, 0.15) is 5.82 Å². The van der Waals surface area contributed by atoms with E-state index in [-0.39, 0.29) is 0 Å². The molecular weight excluding hydrogens is 320 g/mol. The summed E-state index contributed by atoms with van der Waals surface area (Å²) in [6, 6.07) is 6.13. The topological polar surface area (TPSA) is 58.9 Å². The molecule has 0 bridgehead atoms. The van der Waals surface area contributed by atoms with Crippen LogP contribution in [0.15, 0.2) is 41.4 Å². The van der Waals surface area contributed by atoms with E-state index in [1.165, 1.54) is 5.56 Å². The molecule has 3 aromatic rings. The monoisotopic (exact) mass is 340 g/mol. The average molecular weight is 340 g/mol. The number of fused-ring (bicyclic) bond motifs is 1. The second-order valence-corrected chi connectivity index (χ2v) is 6.76. The molecular formula is C17H20N6S. The molecule has 1 aliphatic heterocycles. The molecule has 7 heteroatoms. The van der Waals surface area contributed by atoms with Crippen molar-refractivity contribution in [3.8, 4) is 0 Å². The number of pyridine rings is 1. The molecule has 0 aliphatic carbocycles. The third kappa shape index (κ3) is 3.47. The van der Waals surface area contributed by atoms with Crippen LogP contribution >= 0.6 is 11.3 Å². The number of aromatic nitrogens is 4. The fourth-order valence-electron chi connectivity index (χ4n) is 3.03. The standard InChI is InChI=1S/C17H20N6S/c1-3-15(9-18-5-1)19-10-16-20-21-17-12-22(6-2-7-23(16)17)11-14-4-8-24-13-14/h1,3-5,8-9,13,19H,2,6-7,10-12H2. The summed E-state index contributed by atoms with van der Waals surface area (Å²) < 4.78 is 2.26. The van der Waals surface area contributed by atoms with Crippen molar-refractivity contribution in [2.45, 2.75) is 32.6 Å². The van der Waals surface area contributed by atoms with Crippen LogP contribution in [0.4, 0.5) is 5.69 Å². The van der Waals surface area contributed by atoms with Crippen molar-refractivity contribution in [1.82, 2.24) is 24.6 Å². The molecule has 0 spiro atoms. The highest BCUT2D eigenvalue weighted by molar-refractivity contribution is 7.07. The Kier molecular flexibility index (Phi) is 4.53. The van der Waals surface area contributed by atoms with Crippen LogP contribution in [0.3, 0.4) is 0 Å². The summed E-state index contributed by atoms with van der Waals surface area (Å²) >= 11 is 1.75. The van der Waals surface area contributed by atoms with E-state index in [1.807, 2.05) is 18.3 Å². The Hall–Kier alpha value is -2.25. The molecule has 4 heterocycles. The molecule has 24 heavy (non-hydrogen) atoms. The molecule has 0 saturated carbocycles. The maximum absolute atomic E-state index is 4.43. The van der Waals surface area contributed by atoms with E-state index in [0.29, 0.717) is 6.54 Å². The summed E-state index contributed by atoms with van der Waals surface area (Å²) in [6.07, 6.45) is 4.72. The third-order valence-corrected chi connectivity index (χ3v) is 4.96. The van der Waals surface area contributed by atoms with Gasteiger partial charge in [0.25, 0.3) is 0 Å². The van der Waals surface area contributed by atoms with Crippen LogP contribution in [0.25, 0.3) is 0 Å². The fraction of sp³-hybridized carbons (Fsp3) is 0.353. The van der Waals surface area contributed by atoms with E-state index in [9.17, 15) is 0 Å². The van der Waals surface area contributed by atoms with Gasteiger partial charge in [0, 0.05) is 32.0 Å². The molecule has 0 unspecified atom stereocenters. The van der Waals surface area contributed by atoms with Crippen molar-refractivity contribution in [2.75, 3.05) is 11.9 Å². The van der Waals surface area contributed by atoms with Gasteiger partial charge in [-0.15, -0.1) is 10.2 Å². The van der Waals surface area contributed by atoms with Crippen LogP contribution in [0.2, 0.25) is 0 Å². The molecule has 124 valence electrons. The molecule has 0 saturated heterocycles. The minimum Gasteiger partial charge on any atom is -0.376 e. The predicted molar refractivity (Wildman–Crippen MR) is 94.6 cm³/mol. The highest BCUT2D eigenvalue weighted by atomic mass is 32.1. The molecule has 0 aromatic carbocycles. The lowest BCUT2D eigenvalue weighted by molar-refractivity contribution is 0.258. The van der Waals surface area contributed by atoms with Gasteiger partial charge in [0.2, 0.25) is 0 Å². The summed E-state index contributed by atoms with van der Waals surface area (Å²) in [4.78, 5) is 6.57. The first-order valence-corrected chi connectivity index (χ1v) is 9.11. The summed E-state index contributed by atoms with van der Waals surface area (Å²) in [7, 11) is 0. The summed E-state index contributed by atoms with van der Waals surface area (Å²) in [6.45, 7) is 4.58. The van der Waals surface area contributed by atoms with Crippen molar-refractivity contribution < 1.29 is 0 Å². The van der Waals surface area contributed by atoms with E-state index in [2.05, 4.69) is 46.8 Å². The summed E-state index contributed by atoms with van der Waals surface area (Å²) in [5.41, 5.74) is 2.38. The fourth-order valence-corrected chi connectivity index (χ4v) is 3.69. The van der Waals surface area contributed by atoms with E-state index >= 15 is 0 Å². The normalized spacial score (nSPS) is 15.0. The quantitative estimate of drug-likeness (QED) is 0.774. The molecule has 3 aromatic heterocycles. The maximum atomic E-state index is 4.43. The molecule has 0 radical (unpaired) electrons. The molecule has 4 rings (SSSR count). The molecule has 0 atom stereocenters. The zero-order chi connectivity index (χ0) is 16.2. The van der Waals surface area contributed by atoms with Crippen molar-refractivity contribution in [1.29, 1.82) is 0 Å². The van der Waals surface area contributed by atoms with Crippen molar-refractivity contribution in [3.05, 3.63) is 58.6 Å². The Balaban J connectivity index is 1.44. The molecule has 0 fully saturated rings. The number of hydrogen-bond donors (Lipinski definition) is 1. The molecule has 0 amide bonds. The van der Waals surface area contributed by atoms with E-state index < -0.39 is 0 Å². The number of anilines is 1. The first kappa shape index (κ1) is 15.3. The van der Waals surface area contributed by atoms with Crippen molar-refractivity contribution in [2.24, 2.45) is 0 Å². The Bertz CT molecular complexity index is 768. The van der Waals surface area contributed by atoms with Gasteiger partial charge in [0.15, 0.2) is 5.82 Å². The average Bonchev–Trinajstić information content (AvgIpc) is 3.20. The van der Waals surface area contributed by atoms with Crippen molar-refractivity contribution in [3.63, 3.8) is 0 Å². The summed E-state index contributed by atoms with van der Waals surface area (Å²) in [5.74, 6) is 2.05. The van der Waals surface area contributed by atoms with Gasteiger partial charge in [-0.05, 0) is 40.9 Å². The minimum atomic E-state index is 0.670. The number of nitrogens with one attached hydrogen (secondary N) is 1. The Labute approximate surface area is 145 Å². The van der Waals surface area contributed by atoms with Crippen molar-refractivity contribution >= 4 is 17.0 Å². The van der Waals surface area contributed by atoms with Crippen LogP contribution in [0.5, 0.6) is 0 Å². The Morgan fingerprint density at radius 3 is 3.04 bits per heavy atom. The number of thiophene rings is 1. The van der Waals surface area contributed by atoms with Gasteiger partial charge >= 0.3 is 0 Å². The second kappa shape index (κ2) is 7.11. The number of rotatable bonds is 5. The lowest BCUT2D eigenvalue weighted by atomic mass is 10.3. The largest absolute Gasteiger partial charge is 0.376 e. The zero-order valence-electron chi connectivity index (χ0n) is 13.4. The van der Waals surface area contributed by atoms with Gasteiger partial charge in [-0.2, -0.15) is 11.3 Å². The van der Waals surface area contributed by atoms with Crippen LogP contribution in [-0.4, -0.2) is 31.2 Å². The van der Waals surface area contributed by atoms with Gasteiger partial charge in [-0.25, -0.2) is 0 Å². The van der Waals surface area contributed by atoms with Gasteiger partial charge in [0.05, 0.1) is 18.8 Å². The lowest BCUT2D eigenvalue weighted by Gasteiger charge is -2.17.